The molecule has 1 amide bonds. The van der Waals surface area contributed by atoms with Gasteiger partial charge in [-0.3, -0.25) is 14.4 Å². The van der Waals surface area contributed by atoms with Crippen LogP contribution in [0.3, 0.4) is 0 Å². The van der Waals surface area contributed by atoms with Crippen molar-refractivity contribution in [2.75, 3.05) is 6.26 Å². The van der Waals surface area contributed by atoms with E-state index in [0.717, 1.165) is 19.1 Å². The number of hydrogen-bond acceptors (Lipinski definition) is 6. The highest BCUT2D eigenvalue weighted by Gasteiger charge is 2.36. The summed E-state index contributed by atoms with van der Waals surface area (Å²) in [6, 6.07) is 8.83. The van der Waals surface area contributed by atoms with E-state index in [1.807, 2.05) is 0 Å². The number of carbonyl (C=O) groups excluding carboxylic acids is 3. The maximum atomic E-state index is 13.3. The molecule has 0 spiro atoms. The zero-order chi connectivity index (χ0) is 25.5. The Morgan fingerprint density at radius 2 is 1.63 bits per heavy atom. The third-order valence-electron chi connectivity index (χ3n) is 6.13. The second-order valence-corrected chi connectivity index (χ2v) is 11.6. The number of sulfone groups is 1. The molecule has 0 bridgehead atoms. The molecule has 0 radical (unpaired) electrons. The molecule has 35 heavy (non-hydrogen) atoms. The van der Waals surface area contributed by atoms with Gasteiger partial charge in [0.25, 0.3) is 5.91 Å². The minimum atomic E-state index is -3.76. The lowest BCUT2D eigenvalue weighted by molar-refractivity contribution is -0.123. The van der Waals surface area contributed by atoms with E-state index in [-0.39, 0.29) is 58.0 Å². The van der Waals surface area contributed by atoms with Gasteiger partial charge >= 0.3 is 0 Å². The van der Waals surface area contributed by atoms with Crippen molar-refractivity contribution in [3.05, 3.63) is 68.7 Å². The quantitative estimate of drug-likeness (QED) is 0.323. The van der Waals surface area contributed by atoms with Crippen LogP contribution >= 0.6 is 23.2 Å². The van der Waals surface area contributed by atoms with Crippen LogP contribution < -0.4 is 0 Å². The fraction of sp³-hybridized carbons (Fsp3) is 0.320. The smallest absolute Gasteiger partial charge is 0.254 e. The summed E-state index contributed by atoms with van der Waals surface area (Å²) in [5.74, 6) is -1.86. The zero-order valence-corrected chi connectivity index (χ0v) is 21.2. The first-order valence-corrected chi connectivity index (χ1v) is 13.7. The van der Waals surface area contributed by atoms with Crippen LogP contribution in [0.15, 0.2) is 46.9 Å². The molecule has 2 aliphatic carbocycles. The maximum absolute atomic E-state index is 13.3. The fourth-order valence-corrected chi connectivity index (χ4v) is 5.60. The molecule has 0 aliphatic heterocycles. The van der Waals surface area contributed by atoms with E-state index in [2.05, 4.69) is 0 Å². The van der Waals surface area contributed by atoms with Crippen molar-refractivity contribution in [3.63, 3.8) is 0 Å². The highest BCUT2D eigenvalue weighted by Crippen LogP contribution is 2.37. The maximum Gasteiger partial charge on any atom is 0.254 e. The molecule has 0 saturated heterocycles. The molecule has 184 valence electrons. The third-order valence-corrected chi connectivity index (χ3v) is 7.99. The van der Waals surface area contributed by atoms with Gasteiger partial charge < -0.3 is 10.0 Å². The van der Waals surface area contributed by atoms with E-state index in [1.54, 1.807) is 29.2 Å². The van der Waals surface area contributed by atoms with Gasteiger partial charge in [0.05, 0.1) is 9.92 Å². The van der Waals surface area contributed by atoms with Crippen LogP contribution in [0.5, 0.6) is 0 Å². The predicted molar refractivity (Wildman–Crippen MR) is 132 cm³/mol. The number of carbonyl (C=O) groups is 3. The summed E-state index contributed by atoms with van der Waals surface area (Å²) in [7, 11) is -3.76. The molecular weight excluding hydrogens is 513 g/mol. The molecule has 4 rings (SSSR count). The standard InChI is InChI=1S/C25H23Cl2NO6S/c1-35(33,34)21-12-11-17(24(31)22-19(29)3-2-4-20(22)30)23(27)18(21)13-28(16-9-10-16)25(32)14-5-7-15(26)8-6-14/h5-8,11-12,16,31H,2-4,9-10,13H2,1H3. The number of amides is 1. The van der Waals surface area contributed by atoms with E-state index in [4.69, 9.17) is 23.2 Å². The first-order valence-electron chi connectivity index (χ1n) is 11.1. The lowest BCUT2D eigenvalue weighted by Crippen LogP contribution is -2.33. The Hall–Kier alpha value is -2.68. The molecule has 0 heterocycles. The fourth-order valence-electron chi connectivity index (χ4n) is 4.18. The Labute approximate surface area is 213 Å². The number of rotatable bonds is 6. The van der Waals surface area contributed by atoms with Gasteiger partial charge in [-0.2, -0.15) is 0 Å². The summed E-state index contributed by atoms with van der Waals surface area (Å²) in [6.07, 6.45) is 3.19. The molecule has 0 atom stereocenters. The SMILES string of the molecule is CS(=O)(=O)c1ccc(C(O)=C2C(=O)CCCC2=O)c(Cl)c1CN(C(=O)c1ccc(Cl)cc1)C1CC1. The van der Waals surface area contributed by atoms with Crippen LogP contribution in [-0.2, 0) is 26.0 Å². The average Bonchev–Trinajstić information content (AvgIpc) is 3.62. The Kier molecular flexibility index (Phi) is 7.09. The summed E-state index contributed by atoms with van der Waals surface area (Å²) < 4.78 is 25.2. The van der Waals surface area contributed by atoms with Gasteiger partial charge in [-0.1, -0.05) is 23.2 Å². The van der Waals surface area contributed by atoms with E-state index in [0.29, 0.717) is 17.0 Å². The van der Waals surface area contributed by atoms with Crippen molar-refractivity contribution in [3.8, 4) is 0 Å². The second kappa shape index (κ2) is 9.76. The van der Waals surface area contributed by atoms with Crippen LogP contribution in [0.25, 0.3) is 5.76 Å². The van der Waals surface area contributed by atoms with Gasteiger partial charge in [-0.25, -0.2) is 8.42 Å². The highest BCUT2D eigenvalue weighted by molar-refractivity contribution is 7.90. The van der Waals surface area contributed by atoms with Crippen LogP contribution in [0.2, 0.25) is 10.0 Å². The Balaban J connectivity index is 1.82. The molecule has 7 nitrogen and oxygen atoms in total. The molecule has 10 heteroatoms. The van der Waals surface area contributed by atoms with Gasteiger partial charge in [0.15, 0.2) is 21.4 Å². The first-order chi connectivity index (χ1) is 16.5. The number of aliphatic hydroxyl groups excluding tert-OH is 1. The number of halogens is 2. The lowest BCUT2D eigenvalue weighted by atomic mass is 9.89. The molecule has 0 unspecified atom stereocenters. The van der Waals surface area contributed by atoms with Crippen LogP contribution in [-0.4, -0.2) is 48.2 Å². The van der Waals surface area contributed by atoms with Crippen molar-refractivity contribution in [2.24, 2.45) is 0 Å². The molecule has 2 aromatic carbocycles. The zero-order valence-electron chi connectivity index (χ0n) is 18.9. The molecule has 1 N–H and O–H groups in total. The van der Waals surface area contributed by atoms with Gasteiger partial charge in [0.2, 0.25) is 0 Å². The number of hydrogen-bond donors (Lipinski definition) is 1. The molecular formula is C25H23Cl2NO6S. The third kappa shape index (κ3) is 5.29. The molecule has 2 saturated carbocycles. The summed E-state index contributed by atoms with van der Waals surface area (Å²) in [4.78, 5) is 39.5. The lowest BCUT2D eigenvalue weighted by Gasteiger charge is -2.25. The Bertz CT molecular complexity index is 1340. The van der Waals surface area contributed by atoms with E-state index in [1.165, 1.54) is 12.1 Å². The van der Waals surface area contributed by atoms with Gasteiger partial charge in [-0.15, -0.1) is 0 Å². The molecule has 2 aromatic rings. The summed E-state index contributed by atoms with van der Waals surface area (Å²) in [5.41, 5.74) is 0.149. The van der Waals surface area contributed by atoms with E-state index >= 15 is 0 Å². The van der Waals surface area contributed by atoms with Crippen LogP contribution in [0.4, 0.5) is 0 Å². The molecule has 0 aromatic heterocycles. The van der Waals surface area contributed by atoms with Gasteiger partial charge in [-0.05, 0) is 55.7 Å². The van der Waals surface area contributed by atoms with E-state index < -0.39 is 27.2 Å². The number of nitrogens with zero attached hydrogens (tertiary/aromatic N) is 1. The van der Waals surface area contributed by atoms with Gasteiger partial charge in [0.1, 0.15) is 11.3 Å². The number of ketones is 2. The number of allylic oxidation sites excluding steroid dienone is 1. The molecule has 2 aliphatic rings. The van der Waals surface area contributed by atoms with Crippen molar-refractivity contribution >= 4 is 56.3 Å². The van der Waals surface area contributed by atoms with Crippen molar-refractivity contribution in [1.82, 2.24) is 4.90 Å². The largest absolute Gasteiger partial charge is 0.506 e. The van der Waals surface area contributed by atoms with Crippen molar-refractivity contribution in [2.45, 2.75) is 49.6 Å². The predicted octanol–water partition coefficient (Wildman–Crippen LogP) is 4.79. The second-order valence-electron chi connectivity index (χ2n) is 8.77. The molecule has 2 fully saturated rings. The monoisotopic (exact) mass is 535 g/mol. The highest BCUT2D eigenvalue weighted by atomic mass is 35.5. The van der Waals surface area contributed by atoms with Crippen molar-refractivity contribution < 1.29 is 27.9 Å². The van der Waals surface area contributed by atoms with Crippen LogP contribution in [0, 0.1) is 0 Å². The summed E-state index contributed by atoms with van der Waals surface area (Å²) >= 11 is 12.6. The van der Waals surface area contributed by atoms with Crippen LogP contribution in [0.1, 0.15) is 53.6 Å². The summed E-state index contributed by atoms with van der Waals surface area (Å²) in [6.45, 7) is -0.133. The Morgan fingerprint density at radius 1 is 1.03 bits per heavy atom. The minimum Gasteiger partial charge on any atom is -0.506 e. The first kappa shape index (κ1) is 25.4. The topological polar surface area (TPSA) is 109 Å². The van der Waals surface area contributed by atoms with Gasteiger partial charge in [0, 0.05) is 53.4 Å². The van der Waals surface area contributed by atoms with E-state index in [9.17, 15) is 27.9 Å². The summed E-state index contributed by atoms with van der Waals surface area (Å²) in [5, 5.41) is 11.2. The average molecular weight is 536 g/mol. The number of Topliss-reactive ketones (excluding diaryl/α,β-unsaturated/α-hetero) is 2. The Morgan fingerprint density at radius 3 is 2.17 bits per heavy atom. The number of benzene rings is 2. The minimum absolute atomic E-state index is 0.0256. The normalized spacial score (nSPS) is 16.4. The van der Waals surface area contributed by atoms with Crippen molar-refractivity contribution in [1.29, 1.82) is 0 Å². The number of aliphatic hydroxyl groups is 1.